The number of aromatic nitrogens is 2. The van der Waals surface area contributed by atoms with Crippen LogP contribution in [0.2, 0.25) is 0 Å². The van der Waals surface area contributed by atoms with Crippen LogP contribution in [0.5, 0.6) is 0 Å². The first-order valence-electron chi connectivity index (χ1n) is 12.0. The van der Waals surface area contributed by atoms with Gasteiger partial charge < -0.3 is 24.9 Å². The van der Waals surface area contributed by atoms with Gasteiger partial charge in [0.2, 0.25) is 11.8 Å². The van der Waals surface area contributed by atoms with Crippen molar-refractivity contribution >= 4 is 23.8 Å². The maximum Gasteiger partial charge on any atom is 0.408 e. The molecule has 0 fully saturated rings. The minimum Gasteiger partial charge on any atom is -0.445 e. The summed E-state index contributed by atoms with van der Waals surface area (Å²) in [6.07, 6.45) is -0.968. The number of benzene rings is 1. The third-order valence-electron chi connectivity index (χ3n) is 4.97. The number of nitrogens with zero attached hydrogens (tertiary/aromatic N) is 2. The number of amides is 2. The molecule has 0 saturated heterocycles. The van der Waals surface area contributed by atoms with Crippen LogP contribution in [-0.4, -0.2) is 44.6 Å². The van der Waals surface area contributed by atoms with E-state index in [1.807, 2.05) is 71.9 Å². The van der Waals surface area contributed by atoms with Crippen molar-refractivity contribution in [2.75, 3.05) is 0 Å². The van der Waals surface area contributed by atoms with E-state index in [1.54, 1.807) is 0 Å². The van der Waals surface area contributed by atoms with E-state index >= 15 is 0 Å². The molecular formula is C25H38N4O5S. The minimum atomic E-state index is -1.18. The lowest BCUT2D eigenvalue weighted by Crippen LogP contribution is -2.51. The lowest BCUT2D eigenvalue weighted by atomic mass is 9.97. The quantitative estimate of drug-likeness (QED) is 0.340. The Morgan fingerprint density at radius 1 is 1.00 bits per heavy atom. The molecule has 0 aliphatic carbocycles. The molecule has 0 bridgehead atoms. The van der Waals surface area contributed by atoms with Crippen molar-refractivity contribution in [3.05, 3.63) is 41.8 Å². The number of thioether (sulfide) groups is 1. The Hall–Kier alpha value is -2.59. The Kier molecular flexibility index (Phi) is 11.5. The molecule has 0 aliphatic rings. The molecule has 0 radical (unpaired) electrons. The summed E-state index contributed by atoms with van der Waals surface area (Å²) >= 11 is 1.40. The molecular weight excluding hydrogens is 468 g/mol. The summed E-state index contributed by atoms with van der Waals surface area (Å²) in [7, 11) is 0. The van der Waals surface area contributed by atoms with Crippen molar-refractivity contribution in [3.8, 4) is 0 Å². The second-order valence-corrected chi connectivity index (χ2v) is 11.2. The first-order valence-corrected chi connectivity index (χ1v) is 12.9. The normalized spacial score (nSPS) is 14.1. The van der Waals surface area contributed by atoms with Gasteiger partial charge in [0.15, 0.2) is 6.10 Å². The first kappa shape index (κ1) is 28.6. The fourth-order valence-corrected chi connectivity index (χ4v) is 4.05. The summed E-state index contributed by atoms with van der Waals surface area (Å²) < 4.78 is 10.9. The number of carbonyl (C=O) groups is 2. The standard InChI is InChI=1S/C25H38N4O5S/c1-15(2)12-19(21(30)23-28-29-25(34-23)35-17(5)6)26-22(31)20(13-16(3)4)27-24(32)33-14-18-10-8-7-9-11-18/h7-11,15-17,19-21,30H,12-14H2,1-6H3,(H,26,31)(H,27,32)/t19-,20-,21?/m0/s1. The highest BCUT2D eigenvalue weighted by Gasteiger charge is 2.31. The van der Waals surface area contributed by atoms with Crippen molar-refractivity contribution in [1.29, 1.82) is 0 Å². The van der Waals surface area contributed by atoms with E-state index in [1.165, 1.54) is 11.8 Å². The van der Waals surface area contributed by atoms with E-state index in [4.69, 9.17) is 9.15 Å². The SMILES string of the molecule is CC(C)C[C@H](NC(=O)OCc1ccccc1)C(=O)N[C@@H](CC(C)C)C(O)c1nnc(SC(C)C)o1. The molecule has 194 valence electrons. The monoisotopic (exact) mass is 506 g/mol. The molecule has 3 atom stereocenters. The summed E-state index contributed by atoms with van der Waals surface area (Å²) in [6, 6.07) is 7.82. The molecule has 2 aromatic rings. The Morgan fingerprint density at radius 2 is 1.66 bits per heavy atom. The van der Waals surface area contributed by atoms with Gasteiger partial charge in [-0.1, -0.05) is 83.6 Å². The van der Waals surface area contributed by atoms with Crippen LogP contribution in [0.3, 0.4) is 0 Å². The zero-order valence-corrected chi connectivity index (χ0v) is 22.2. The fourth-order valence-electron chi connectivity index (χ4n) is 3.43. The van der Waals surface area contributed by atoms with Crippen molar-refractivity contribution in [2.24, 2.45) is 11.8 Å². The summed E-state index contributed by atoms with van der Waals surface area (Å²) in [4.78, 5) is 25.6. The Labute approximate surface area is 211 Å². The zero-order chi connectivity index (χ0) is 26.0. The largest absolute Gasteiger partial charge is 0.445 e. The van der Waals surface area contributed by atoms with Crippen LogP contribution in [0, 0.1) is 11.8 Å². The number of nitrogens with one attached hydrogen (secondary N) is 2. The van der Waals surface area contributed by atoms with Crippen LogP contribution in [0.25, 0.3) is 0 Å². The van der Waals surface area contributed by atoms with Gasteiger partial charge in [0.1, 0.15) is 12.6 Å². The lowest BCUT2D eigenvalue weighted by molar-refractivity contribution is -0.125. The first-order chi connectivity index (χ1) is 16.5. The van der Waals surface area contributed by atoms with E-state index in [0.717, 1.165) is 5.56 Å². The van der Waals surface area contributed by atoms with E-state index in [0.29, 0.717) is 18.1 Å². The van der Waals surface area contributed by atoms with Crippen LogP contribution in [0.15, 0.2) is 40.0 Å². The topological polar surface area (TPSA) is 127 Å². The van der Waals surface area contributed by atoms with Crippen molar-refractivity contribution in [3.63, 3.8) is 0 Å². The molecule has 0 saturated carbocycles. The third kappa shape index (κ3) is 10.3. The maximum absolute atomic E-state index is 13.2. The summed E-state index contributed by atoms with van der Waals surface area (Å²) in [6.45, 7) is 12.0. The zero-order valence-electron chi connectivity index (χ0n) is 21.4. The van der Waals surface area contributed by atoms with Gasteiger partial charge in [-0.3, -0.25) is 4.79 Å². The summed E-state index contributed by atoms with van der Waals surface area (Å²) in [5, 5.41) is 25.1. The van der Waals surface area contributed by atoms with Crippen LogP contribution >= 0.6 is 11.8 Å². The Balaban J connectivity index is 2.07. The summed E-state index contributed by atoms with van der Waals surface area (Å²) in [5.74, 6) is -0.0407. The van der Waals surface area contributed by atoms with Gasteiger partial charge in [0.05, 0.1) is 6.04 Å². The molecule has 1 aromatic carbocycles. The third-order valence-corrected chi connectivity index (χ3v) is 5.81. The molecule has 3 N–H and O–H groups in total. The summed E-state index contributed by atoms with van der Waals surface area (Å²) in [5.41, 5.74) is 0.849. The molecule has 0 aliphatic heterocycles. The van der Waals surface area contributed by atoms with E-state index < -0.39 is 30.2 Å². The van der Waals surface area contributed by atoms with Gasteiger partial charge in [-0.2, -0.15) is 0 Å². The molecule has 2 rings (SSSR count). The van der Waals surface area contributed by atoms with Crippen molar-refractivity contribution < 1.29 is 23.8 Å². The molecule has 10 heteroatoms. The minimum absolute atomic E-state index is 0.0507. The Morgan fingerprint density at radius 3 is 2.26 bits per heavy atom. The van der Waals surface area contributed by atoms with Gasteiger partial charge in [-0.15, -0.1) is 10.2 Å². The second kappa shape index (κ2) is 14.1. The van der Waals surface area contributed by atoms with Crippen LogP contribution in [0.4, 0.5) is 4.79 Å². The predicted octanol–water partition coefficient (Wildman–Crippen LogP) is 4.48. The van der Waals surface area contributed by atoms with E-state index in [9.17, 15) is 14.7 Å². The lowest BCUT2D eigenvalue weighted by Gasteiger charge is -2.27. The number of aliphatic hydroxyl groups excluding tert-OH is 1. The number of hydrogen-bond acceptors (Lipinski definition) is 8. The van der Waals surface area contributed by atoms with Gasteiger partial charge in [-0.25, -0.2) is 4.79 Å². The van der Waals surface area contributed by atoms with Crippen LogP contribution < -0.4 is 10.6 Å². The molecule has 2 amide bonds. The number of ether oxygens (including phenoxy) is 1. The number of hydrogen-bond donors (Lipinski definition) is 3. The number of aliphatic hydroxyl groups is 1. The molecule has 1 unspecified atom stereocenters. The highest BCUT2D eigenvalue weighted by Crippen LogP contribution is 2.26. The smallest absolute Gasteiger partial charge is 0.408 e. The van der Waals surface area contributed by atoms with Crippen LogP contribution in [-0.2, 0) is 16.1 Å². The predicted molar refractivity (Wildman–Crippen MR) is 135 cm³/mol. The van der Waals surface area contributed by atoms with Gasteiger partial charge in [0, 0.05) is 5.25 Å². The number of rotatable bonds is 13. The molecule has 9 nitrogen and oxygen atoms in total. The van der Waals surface area contributed by atoms with Crippen LogP contribution in [0.1, 0.15) is 71.9 Å². The molecule has 0 spiro atoms. The number of alkyl carbamates (subject to hydrolysis) is 1. The number of carbonyl (C=O) groups excluding carboxylic acids is 2. The highest BCUT2D eigenvalue weighted by molar-refractivity contribution is 7.99. The Bertz CT molecular complexity index is 920. The van der Waals surface area contributed by atoms with Gasteiger partial charge >= 0.3 is 6.09 Å². The highest BCUT2D eigenvalue weighted by atomic mass is 32.2. The fraction of sp³-hybridized carbons (Fsp3) is 0.600. The maximum atomic E-state index is 13.2. The molecule has 1 heterocycles. The van der Waals surface area contributed by atoms with Crippen molar-refractivity contribution in [1.82, 2.24) is 20.8 Å². The van der Waals surface area contributed by atoms with E-state index in [-0.39, 0.29) is 29.6 Å². The van der Waals surface area contributed by atoms with Gasteiger partial charge in [0.25, 0.3) is 5.22 Å². The van der Waals surface area contributed by atoms with Crippen molar-refractivity contribution in [2.45, 2.75) is 89.7 Å². The molecule has 35 heavy (non-hydrogen) atoms. The molecule has 1 aromatic heterocycles. The second-order valence-electron chi connectivity index (χ2n) is 9.65. The van der Waals surface area contributed by atoms with E-state index in [2.05, 4.69) is 20.8 Å². The van der Waals surface area contributed by atoms with Gasteiger partial charge in [-0.05, 0) is 30.2 Å². The average molecular weight is 507 g/mol. The average Bonchev–Trinajstić information content (AvgIpc) is 3.24.